The lowest BCUT2D eigenvalue weighted by Crippen LogP contribution is -2.41. The molecule has 0 N–H and O–H groups in total. The quantitative estimate of drug-likeness (QED) is 0.693. The van der Waals surface area contributed by atoms with Crippen LogP contribution in [-0.2, 0) is 4.79 Å². The van der Waals surface area contributed by atoms with E-state index in [4.69, 9.17) is 11.6 Å². The summed E-state index contributed by atoms with van der Waals surface area (Å²) in [5.74, 6) is 0.298. The average Bonchev–Trinajstić information content (AvgIpc) is 2.99. The van der Waals surface area contributed by atoms with Crippen LogP contribution in [0.1, 0.15) is 45.1 Å². The lowest BCUT2D eigenvalue weighted by molar-refractivity contribution is -0.131. The second-order valence-corrected chi connectivity index (χ2v) is 8.50. The Labute approximate surface area is 173 Å². The predicted octanol–water partition coefficient (Wildman–Crippen LogP) is 5.37. The molecule has 2 unspecified atom stereocenters. The first kappa shape index (κ1) is 19.5. The van der Waals surface area contributed by atoms with Crippen LogP contribution in [0, 0.1) is 0 Å². The van der Waals surface area contributed by atoms with Gasteiger partial charge in [-0.25, -0.2) is 0 Å². The summed E-state index contributed by atoms with van der Waals surface area (Å²) < 4.78 is 0. The third kappa shape index (κ3) is 3.70. The van der Waals surface area contributed by atoms with Crippen molar-refractivity contribution in [2.45, 2.75) is 51.6 Å². The molecule has 2 aliphatic heterocycles. The van der Waals surface area contributed by atoms with E-state index in [1.165, 1.54) is 29.4 Å². The first-order valence-electron chi connectivity index (χ1n) is 10.5. The number of carbonyl (C=O) groups is 1. The molecule has 1 amide bonds. The minimum atomic E-state index is 0.298. The van der Waals surface area contributed by atoms with Gasteiger partial charge < -0.3 is 4.90 Å². The highest BCUT2D eigenvalue weighted by Crippen LogP contribution is 2.33. The molecule has 148 valence electrons. The molecule has 0 spiro atoms. The summed E-state index contributed by atoms with van der Waals surface area (Å²) >= 11 is 6.39. The van der Waals surface area contributed by atoms with Crippen molar-refractivity contribution >= 4 is 33.9 Å². The second kappa shape index (κ2) is 8.26. The lowest BCUT2D eigenvalue weighted by atomic mass is 9.99. The monoisotopic (exact) mass is 396 g/mol. The normalized spacial score (nSPS) is 23.2. The maximum Gasteiger partial charge on any atom is 0.222 e. The molecule has 3 nitrogen and oxygen atoms in total. The number of benzene rings is 2. The molecular weight excluding hydrogens is 368 g/mol. The van der Waals surface area contributed by atoms with E-state index < -0.39 is 0 Å². The summed E-state index contributed by atoms with van der Waals surface area (Å²) in [5.41, 5.74) is 2.54. The number of likely N-dealkylation sites (tertiary alicyclic amines) is 1. The van der Waals surface area contributed by atoms with Crippen LogP contribution in [0.5, 0.6) is 0 Å². The van der Waals surface area contributed by atoms with Gasteiger partial charge in [-0.05, 0) is 48.8 Å². The fourth-order valence-corrected chi connectivity index (χ4v) is 5.11. The van der Waals surface area contributed by atoms with Crippen LogP contribution in [0.25, 0.3) is 16.3 Å². The number of rotatable bonds is 4. The van der Waals surface area contributed by atoms with Gasteiger partial charge in [-0.2, -0.15) is 0 Å². The number of amides is 1. The fraction of sp³-hybridized carbons (Fsp3) is 0.458. The van der Waals surface area contributed by atoms with Crippen LogP contribution in [0.2, 0.25) is 5.02 Å². The van der Waals surface area contributed by atoms with Gasteiger partial charge in [0.05, 0.1) is 0 Å². The molecule has 2 bridgehead atoms. The van der Waals surface area contributed by atoms with Crippen molar-refractivity contribution in [1.29, 1.82) is 0 Å². The van der Waals surface area contributed by atoms with Gasteiger partial charge in [-0.1, -0.05) is 54.9 Å². The number of carbonyl (C=O) groups excluding carboxylic acids is 1. The van der Waals surface area contributed by atoms with E-state index in [1.807, 2.05) is 19.1 Å². The highest BCUT2D eigenvalue weighted by atomic mass is 35.5. The minimum Gasteiger partial charge on any atom is -0.341 e. The van der Waals surface area contributed by atoms with Gasteiger partial charge >= 0.3 is 0 Å². The lowest BCUT2D eigenvalue weighted by Gasteiger charge is -2.28. The van der Waals surface area contributed by atoms with Gasteiger partial charge in [-0.3, -0.25) is 9.69 Å². The molecule has 2 aromatic carbocycles. The van der Waals surface area contributed by atoms with Crippen molar-refractivity contribution in [3.8, 4) is 0 Å². The Bertz CT molecular complexity index is 907. The minimum absolute atomic E-state index is 0.298. The van der Waals surface area contributed by atoms with E-state index in [0.717, 1.165) is 36.5 Å². The number of halogens is 1. The van der Waals surface area contributed by atoms with Crippen LogP contribution in [-0.4, -0.2) is 47.4 Å². The van der Waals surface area contributed by atoms with Gasteiger partial charge in [0, 0.05) is 48.5 Å². The highest BCUT2D eigenvalue weighted by molar-refractivity contribution is 6.35. The Balaban J connectivity index is 1.54. The molecule has 0 saturated carbocycles. The molecule has 0 aromatic heterocycles. The molecule has 2 atom stereocenters. The topological polar surface area (TPSA) is 23.6 Å². The first-order valence-corrected chi connectivity index (χ1v) is 10.8. The first-order chi connectivity index (χ1) is 13.6. The number of hydrogen-bond donors (Lipinski definition) is 0. The third-order valence-electron chi connectivity index (χ3n) is 6.49. The van der Waals surface area contributed by atoms with Crippen LogP contribution < -0.4 is 0 Å². The summed E-state index contributed by atoms with van der Waals surface area (Å²) in [4.78, 5) is 16.9. The van der Waals surface area contributed by atoms with Crippen molar-refractivity contribution < 1.29 is 4.79 Å². The van der Waals surface area contributed by atoms with Gasteiger partial charge in [-0.15, -0.1) is 0 Å². The average molecular weight is 397 g/mol. The van der Waals surface area contributed by atoms with E-state index in [-0.39, 0.29) is 0 Å². The highest BCUT2D eigenvalue weighted by Gasteiger charge is 2.37. The van der Waals surface area contributed by atoms with E-state index >= 15 is 0 Å². The Morgan fingerprint density at radius 3 is 2.64 bits per heavy atom. The second-order valence-electron chi connectivity index (χ2n) is 8.09. The Morgan fingerprint density at radius 2 is 1.86 bits per heavy atom. The largest absolute Gasteiger partial charge is 0.341 e. The summed E-state index contributed by atoms with van der Waals surface area (Å²) in [6.45, 7) is 6.91. The molecule has 4 rings (SSSR count). The molecule has 2 heterocycles. The van der Waals surface area contributed by atoms with E-state index in [1.54, 1.807) is 0 Å². The molecule has 0 aliphatic carbocycles. The van der Waals surface area contributed by atoms with E-state index in [2.05, 4.69) is 47.1 Å². The van der Waals surface area contributed by atoms with Gasteiger partial charge in [0.1, 0.15) is 0 Å². The molecule has 2 aromatic rings. The maximum absolute atomic E-state index is 12.2. The Kier molecular flexibility index (Phi) is 5.75. The Hall–Kier alpha value is -1.84. The summed E-state index contributed by atoms with van der Waals surface area (Å²) in [5, 5.41) is 3.12. The SMILES string of the molecule is CCC(=O)N1CCC2CCC(C1)N2C/C=C(\C)c1ccc(Cl)c2ccccc12. The number of fused-ring (bicyclic) bond motifs is 3. The zero-order chi connectivity index (χ0) is 19.7. The van der Waals surface area contributed by atoms with Crippen LogP contribution >= 0.6 is 11.6 Å². The van der Waals surface area contributed by atoms with Crippen LogP contribution in [0.3, 0.4) is 0 Å². The van der Waals surface area contributed by atoms with Crippen LogP contribution in [0.4, 0.5) is 0 Å². The zero-order valence-corrected chi connectivity index (χ0v) is 17.6. The maximum atomic E-state index is 12.2. The number of allylic oxidation sites excluding steroid dienone is 1. The molecule has 4 heteroatoms. The molecular formula is C24H29ClN2O. The van der Waals surface area contributed by atoms with Crippen molar-refractivity contribution in [3.05, 3.63) is 53.1 Å². The molecule has 2 fully saturated rings. The fourth-order valence-electron chi connectivity index (χ4n) is 4.88. The summed E-state index contributed by atoms with van der Waals surface area (Å²) in [6, 6.07) is 13.6. The van der Waals surface area contributed by atoms with E-state index in [9.17, 15) is 4.79 Å². The van der Waals surface area contributed by atoms with Crippen molar-refractivity contribution in [1.82, 2.24) is 9.80 Å². The van der Waals surface area contributed by atoms with Crippen molar-refractivity contribution in [2.24, 2.45) is 0 Å². The zero-order valence-electron chi connectivity index (χ0n) is 16.8. The van der Waals surface area contributed by atoms with Crippen molar-refractivity contribution in [2.75, 3.05) is 19.6 Å². The third-order valence-corrected chi connectivity index (χ3v) is 6.82. The molecule has 28 heavy (non-hydrogen) atoms. The van der Waals surface area contributed by atoms with Crippen LogP contribution in [0.15, 0.2) is 42.5 Å². The molecule has 2 aliphatic rings. The Morgan fingerprint density at radius 1 is 1.11 bits per heavy atom. The van der Waals surface area contributed by atoms with Crippen molar-refractivity contribution in [3.63, 3.8) is 0 Å². The van der Waals surface area contributed by atoms with E-state index in [0.29, 0.717) is 24.4 Å². The van der Waals surface area contributed by atoms with Gasteiger partial charge in [0.25, 0.3) is 0 Å². The predicted molar refractivity (Wildman–Crippen MR) is 118 cm³/mol. The molecule has 2 saturated heterocycles. The summed E-state index contributed by atoms with van der Waals surface area (Å²) in [7, 11) is 0. The molecule has 0 radical (unpaired) electrons. The summed E-state index contributed by atoms with van der Waals surface area (Å²) in [6.07, 6.45) is 6.53. The van der Waals surface area contributed by atoms with Gasteiger partial charge in [0.2, 0.25) is 5.91 Å². The standard InChI is InChI=1S/C24H29ClN2O/c1-3-24(28)26-14-13-18-8-9-19(16-26)27(18)15-12-17(2)20-10-11-23(25)22-7-5-4-6-21(20)22/h4-7,10-12,18-19H,3,8-9,13-16H2,1-2H3/b17-12+. The van der Waals surface area contributed by atoms with Gasteiger partial charge in [0.15, 0.2) is 0 Å². The number of hydrogen-bond acceptors (Lipinski definition) is 2. The smallest absolute Gasteiger partial charge is 0.222 e. The number of nitrogens with zero attached hydrogens (tertiary/aromatic N) is 2.